The van der Waals surface area contributed by atoms with Gasteiger partial charge in [-0.2, -0.15) is 5.10 Å². The number of anilines is 2. The number of aromatic carboxylic acids is 1. The van der Waals surface area contributed by atoms with Crippen molar-refractivity contribution in [3.63, 3.8) is 0 Å². The summed E-state index contributed by atoms with van der Waals surface area (Å²) >= 11 is 5.32. The smallest absolute Gasteiger partial charge is 0.341 e. The van der Waals surface area contributed by atoms with Gasteiger partial charge in [-0.15, -0.1) is 0 Å². The predicted octanol–water partition coefficient (Wildman–Crippen LogP) is 2.69. The van der Waals surface area contributed by atoms with E-state index in [0.717, 1.165) is 5.69 Å². The van der Waals surface area contributed by atoms with Crippen LogP contribution in [-0.2, 0) is 7.05 Å². The Balaban J connectivity index is 1.74. The third kappa shape index (κ3) is 2.97. The number of aromatic nitrogens is 3. The molecule has 0 radical (unpaired) electrons. The fourth-order valence-electron chi connectivity index (χ4n) is 3.05. The first kappa shape index (κ1) is 17.7. The van der Waals surface area contributed by atoms with Crippen LogP contribution in [-0.4, -0.2) is 30.4 Å². The predicted molar refractivity (Wildman–Crippen MR) is 111 cm³/mol. The molecule has 2 aromatic heterocycles. The first-order valence-corrected chi connectivity index (χ1v) is 8.73. The molecule has 8 nitrogen and oxygen atoms in total. The van der Waals surface area contributed by atoms with Crippen LogP contribution in [0.4, 0.5) is 11.4 Å². The van der Waals surface area contributed by atoms with Gasteiger partial charge >= 0.3 is 5.97 Å². The van der Waals surface area contributed by atoms with Crippen LogP contribution < -0.4 is 16.2 Å². The maximum atomic E-state index is 12.8. The number of para-hydroxylation sites is 1. The number of hydrogen-bond acceptors (Lipinski definition) is 4. The van der Waals surface area contributed by atoms with Crippen molar-refractivity contribution in [2.45, 2.75) is 0 Å². The van der Waals surface area contributed by atoms with Gasteiger partial charge in [0, 0.05) is 18.4 Å². The number of nitrogens with one attached hydrogen (secondary N) is 2. The van der Waals surface area contributed by atoms with Crippen molar-refractivity contribution < 1.29 is 9.90 Å². The Kier molecular flexibility index (Phi) is 4.28. The highest BCUT2D eigenvalue weighted by atomic mass is 32.1. The maximum absolute atomic E-state index is 12.8. The Hall–Kier alpha value is -3.72. The van der Waals surface area contributed by atoms with Gasteiger partial charge in [-0.1, -0.05) is 18.2 Å². The molecule has 9 heteroatoms. The van der Waals surface area contributed by atoms with Crippen LogP contribution in [0.25, 0.3) is 16.6 Å². The van der Waals surface area contributed by atoms with Gasteiger partial charge in [-0.3, -0.25) is 9.36 Å². The molecule has 0 aliphatic carbocycles. The van der Waals surface area contributed by atoms with Gasteiger partial charge in [0.2, 0.25) is 0 Å². The summed E-state index contributed by atoms with van der Waals surface area (Å²) < 4.78 is 2.73. The van der Waals surface area contributed by atoms with Crippen LogP contribution >= 0.6 is 12.2 Å². The third-order valence-corrected chi connectivity index (χ3v) is 4.55. The second-order valence-electron chi connectivity index (χ2n) is 6.14. The molecule has 0 saturated heterocycles. The van der Waals surface area contributed by atoms with E-state index in [4.69, 9.17) is 12.2 Å². The number of benzene rings is 2. The van der Waals surface area contributed by atoms with Crippen LogP contribution in [0.3, 0.4) is 0 Å². The van der Waals surface area contributed by atoms with Gasteiger partial charge in [0.1, 0.15) is 5.56 Å². The minimum atomic E-state index is -1.14. The fourth-order valence-corrected chi connectivity index (χ4v) is 3.29. The molecular weight excluding hydrogens is 378 g/mol. The summed E-state index contributed by atoms with van der Waals surface area (Å²) in [6.45, 7) is 0. The van der Waals surface area contributed by atoms with Crippen molar-refractivity contribution >= 4 is 51.2 Å². The molecule has 0 amide bonds. The number of rotatable bonds is 3. The van der Waals surface area contributed by atoms with Crippen molar-refractivity contribution in [2.75, 3.05) is 10.6 Å². The number of carboxylic acid groups (broad SMARTS) is 1. The minimum absolute atomic E-state index is 0.0306. The maximum Gasteiger partial charge on any atom is 0.341 e. The van der Waals surface area contributed by atoms with Crippen molar-refractivity contribution in [1.82, 2.24) is 14.2 Å². The number of carboxylic acids is 1. The highest BCUT2D eigenvalue weighted by Gasteiger charge is 2.18. The highest BCUT2D eigenvalue weighted by Crippen LogP contribution is 2.20. The van der Waals surface area contributed by atoms with E-state index in [-0.39, 0.29) is 16.8 Å². The Labute approximate surface area is 164 Å². The third-order valence-electron chi connectivity index (χ3n) is 4.34. The average Bonchev–Trinajstić information content (AvgIpc) is 3.12. The quantitative estimate of drug-likeness (QED) is 0.460. The number of hydrogen-bond donors (Lipinski definition) is 3. The summed E-state index contributed by atoms with van der Waals surface area (Å²) in [7, 11) is 1.52. The van der Waals surface area contributed by atoms with E-state index < -0.39 is 5.97 Å². The molecule has 0 spiro atoms. The van der Waals surface area contributed by atoms with E-state index in [9.17, 15) is 14.7 Å². The second-order valence-corrected chi connectivity index (χ2v) is 6.55. The number of nitrogens with zero attached hydrogens (tertiary/aromatic N) is 3. The Bertz CT molecular complexity index is 1290. The monoisotopic (exact) mass is 393 g/mol. The van der Waals surface area contributed by atoms with Crippen molar-refractivity contribution in [2.24, 2.45) is 7.05 Å². The van der Waals surface area contributed by atoms with E-state index in [0.29, 0.717) is 21.7 Å². The Morgan fingerprint density at radius 3 is 2.54 bits per heavy atom. The minimum Gasteiger partial charge on any atom is -0.477 e. The summed E-state index contributed by atoms with van der Waals surface area (Å²) in [5.74, 6) is -1.14. The second kappa shape index (κ2) is 6.78. The van der Waals surface area contributed by atoms with Gasteiger partial charge in [0.05, 0.1) is 17.1 Å². The lowest BCUT2D eigenvalue weighted by molar-refractivity contribution is 0.0698. The Morgan fingerprint density at radius 2 is 1.82 bits per heavy atom. The molecule has 0 unspecified atom stereocenters. The fraction of sp³-hybridized carbons (Fsp3) is 0.0526. The lowest BCUT2D eigenvalue weighted by atomic mass is 10.2. The van der Waals surface area contributed by atoms with Gasteiger partial charge < -0.3 is 15.7 Å². The highest BCUT2D eigenvalue weighted by molar-refractivity contribution is 7.80. The van der Waals surface area contributed by atoms with Crippen molar-refractivity contribution in [1.29, 1.82) is 0 Å². The molecule has 28 heavy (non-hydrogen) atoms. The zero-order valence-electron chi connectivity index (χ0n) is 14.7. The van der Waals surface area contributed by atoms with Gasteiger partial charge in [-0.05, 0) is 42.5 Å². The summed E-state index contributed by atoms with van der Waals surface area (Å²) in [6.07, 6.45) is 1.24. The van der Waals surface area contributed by atoms with Crippen LogP contribution in [0, 0.1) is 0 Å². The molecule has 4 aromatic rings. The summed E-state index contributed by atoms with van der Waals surface area (Å²) in [5.41, 5.74) is 1.86. The number of thiocarbonyl (C=S) groups is 1. The molecule has 0 saturated carbocycles. The lowest BCUT2D eigenvalue weighted by Gasteiger charge is -2.12. The standard InChI is InChI=1S/C19H15N5O3S/c1-23-16-14(18(26)27)10-20-24(16)15-8-7-12(9-13(15)17(23)25)22-19(28)21-11-5-3-2-4-6-11/h2-10H,1H3,(H,26,27)(H2,21,22,28). The summed E-state index contributed by atoms with van der Waals surface area (Å²) in [5, 5.41) is 20.3. The van der Waals surface area contributed by atoms with Gasteiger partial charge in [0.15, 0.2) is 10.8 Å². The van der Waals surface area contributed by atoms with E-state index in [2.05, 4.69) is 15.7 Å². The molecule has 0 fully saturated rings. The van der Waals surface area contributed by atoms with Crippen LogP contribution in [0.1, 0.15) is 10.4 Å². The van der Waals surface area contributed by atoms with E-state index in [1.165, 1.54) is 22.3 Å². The Morgan fingerprint density at radius 1 is 1.11 bits per heavy atom. The van der Waals surface area contributed by atoms with Crippen LogP contribution in [0.2, 0.25) is 0 Å². The molecule has 140 valence electrons. The molecule has 0 bridgehead atoms. The van der Waals surface area contributed by atoms with Crippen LogP contribution in [0.15, 0.2) is 59.5 Å². The van der Waals surface area contributed by atoms with Gasteiger partial charge in [-0.25, -0.2) is 9.31 Å². The molecule has 2 aromatic carbocycles. The normalized spacial score (nSPS) is 10.9. The summed E-state index contributed by atoms with van der Waals surface area (Å²) in [4.78, 5) is 24.2. The first-order chi connectivity index (χ1) is 13.5. The lowest BCUT2D eigenvalue weighted by Crippen LogP contribution is -2.22. The van der Waals surface area contributed by atoms with Gasteiger partial charge in [0.25, 0.3) is 5.56 Å². The largest absolute Gasteiger partial charge is 0.477 e. The number of carbonyl (C=O) groups is 1. The molecule has 0 atom stereocenters. The molecule has 3 N–H and O–H groups in total. The first-order valence-electron chi connectivity index (χ1n) is 8.32. The van der Waals surface area contributed by atoms with E-state index in [1.54, 1.807) is 18.2 Å². The molecule has 2 heterocycles. The number of fused-ring (bicyclic) bond motifs is 3. The molecular formula is C19H15N5O3S. The van der Waals surface area contributed by atoms with Crippen molar-refractivity contribution in [3.8, 4) is 0 Å². The average molecular weight is 393 g/mol. The van der Waals surface area contributed by atoms with Crippen molar-refractivity contribution in [3.05, 3.63) is 70.6 Å². The summed E-state index contributed by atoms with van der Waals surface area (Å²) in [6, 6.07) is 14.6. The molecule has 4 rings (SSSR count). The molecule has 0 aliphatic rings. The SMILES string of the molecule is Cn1c(=O)c2cc(NC(=S)Nc3ccccc3)ccc2n2ncc(C(=O)O)c12. The molecule has 0 aliphatic heterocycles. The van der Waals surface area contributed by atoms with E-state index in [1.807, 2.05) is 30.3 Å². The number of aryl methyl sites for hydroxylation is 1. The van der Waals surface area contributed by atoms with E-state index >= 15 is 0 Å². The zero-order valence-corrected chi connectivity index (χ0v) is 15.5. The zero-order chi connectivity index (χ0) is 19.8. The van der Waals surface area contributed by atoms with Crippen LogP contribution in [0.5, 0.6) is 0 Å². The topological polar surface area (TPSA) is 101 Å².